The molecule has 21 heavy (non-hydrogen) atoms. The van der Waals surface area contributed by atoms with Gasteiger partial charge in [-0.2, -0.15) is 5.26 Å². The minimum atomic E-state index is -0.423. The van der Waals surface area contributed by atoms with Gasteiger partial charge in [0.15, 0.2) is 0 Å². The molecule has 0 aliphatic heterocycles. The van der Waals surface area contributed by atoms with E-state index in [1.165, 1.54) is 12.1 Å². The second-order valence-electron chi connectivity index (χ2n) is 4.09. The fourth-order valence-electron chi connectivity index (χ4n) is 1.82. The molecule has 6 heteroatoms. The highest BCUT2D eigenvalue weighted by molar-refractivity contribution is 9.10. The number of hydrogen-bond donors (Lipinski definition) is 1. The van der Waals surface area contributed by atoms with E-state index in [1.54, 1.807) is 17.8 Å². The Labute approximate surface area is 140 Å². The van der Waals surface area contributed by atoms with Crippen molar-refractivity contribution >= 4 is 50.7 Å². The summed E-state index contributed by atoms with van der Waals surface area (Å²) in [6.45, 7) is 2.03. The van der Waals surface area contributed by atoms with Crippen molar-refractivity contribution in [3.63, 3.8) is 0 Å². The van der Waals surface area contributed by atoms with Gasteiger partial charge in [0.05, 0.1) is 22.0 Å². The maximum Gasteiger partial charge on any atom is 0.125 e. The maximum atomic E-state index is 13.3. The van der Waals surface area contributed by atoms with Gasteiger partial charge in [-0.05, 0) is 45.9 Å². The summed E-state index contributed by atoms with van der Waals surface area (Å²) in [5, 5.41) is 12.7. The largest absolute Gasteiger partial charge is 0.352 e. The lowest BCUT2D eigenvalue weighted by Crippen LogP contribution is -1.97. The molecule has 0 heterocycles. The minimum Gasteiger partial charge on any atom is -0.352 e. The van der Waals surface area contributed by atoms with E-state index in [-0.39, 0.29) is 5.02 Å². The van der Waals surface area contributed by atoms with Crippen LogP contribution in [0.4, 0.5) is 15.8 Å². The second-order valence-corrected chi connectivity index (χ2v) is 6.66. The first-order valence-electron chi connectivity index (χ1n) is 6.14. The third-order valence-corrected chi connectivity index (χ3v) is 4.57. The predicted molar refractivity (Wildman–Crippen MR) is 89.9 cm³/mol. The average Bonchev–Trinajstić information content (AvgIpc) is 2.43. The van der Waals surface area contributed by atoms with Gasteiger partial charge in [-0.3, -0.25) is 0 Å². The summed E-state index contributed by atoms with van der Waals surface area (Å²) in [5.74, 6) is 0.451. The predicted octanol–water partition coefficient (Wildman–Crippen LogP) is 5.97. The molecule has 0 aromatic heterocycles. The Morgan fingerprint density at radius 2 is 2.19 bits per heavy atom. The molecule has 1 N–H and O–H groups in total. The number of thioether (sulfide) groups is 1. The van der Waals surface area contributed by atoms with Crippen molar-refractivity contribution in [1.82, 2.24) is 0 Å². The molecule has 2 aromatic carbocycles. The molecule has 0 amide bonds. The van der Waals surface area contributed by atoms with Crippen LogP contribution in [0.2, 0.25) is 5.02 Å². The van der Waals surface area contributed by atoms with Crippen LogP contribution in [0.1, 0.15) is 12.5 Å². The molecular formula is C15H11BrClFN2S. The lowest BCUT2D eigenvalue weighted by Gasteiger charge is -2.14. The zero-order chi connectivity index (χ0) is 15.4. The van der Waals surface area contributed by atoms with Crippen molar-refractivity contribution in [3.05, 3.63) is 51.2 Å². The molecule has 0 radical (unpaired) electrons. The van der Waals surface area contributed by atoms with E-state index in [1.807, 2.05) is 19.1 Å². The van der Waals surface area contributed by atoms with Crippen LogP contribution in [-0.2, 0) is 0 Å². The highest BCUT2D eigenvalue weighted by Gasteiger charge is 2.13. The Balaban J connectivity index is 2.46. The van der Waals surface area contributed by atoms with Crippen molar-refractivity contribution in [2.24, 2.45) is 0 Å². The second kappa shape index (κ2) is 7.17. The number of rotatable bonds is 4. The highest BCUT2D eigenvalue weighted by Crippen LogP contribution is 2.36. The summed E-state index contributed by atoms with van der Waals surface area (Å²) in [6.07, 6.45) is 0. The molecule has 0 bridgehead atoms. The summed E-state index contributed by atoms with van der Waals surface area (Å²) in [5.41, 5.74) is 1.73. The van der Waals surface area contributed by atoms with Crippen molar-refractivity contribution in [1.29, 1.82) is 5.26 Å². The lowest BCUT2D eigenvalue weighted by molar-refractivity contribution is 0.627. The van der Waals surface area contributed by atoms with Crippen LogP contribution in [0.3, 0.4) is 0 Å². The molecule has 2 aromatic rings. The van der Waals surface area contributed by atoms with Gasteiger partial charge in [-0.25, -0.2) is 4.39 Å². The number of nitrogens with one attached hydrogen (secondary N) is 1. The summed E-state index contributed by atoms with van der Waals surface area (Å²) < 4.78 is 13.8. The Kier molecular flexibility index (Phi) is 5.51. The SMILES string of the molecule is CCSc1cccc(Nc2c(Cl)cc(F)cc2Br)c1C#N. The van der Waals surface area contributed by atoms with Crippen LogP contribution in [0, 0.1) is 17.1 Å². The summed E-state index contributed by atoms with van der Waals surface area (Å²) in [7, 11) is 0. The molecule has 0 unspecified atom stereocenters. The summed E-state index contributed by atoms with van der Waals surface area (Å²) in [4.78, 5) is 0.902. The summed E-state index contributed by atoms with van der Waals surface area (Å²) >= 11 is 10.9. The van der Waals surface area contributed by atoms with Crippen LogP contribution in [0.5, 0.6) is 0 Å². The Morgan fingerprint density at radius 3 is 2.81 bits per heavy atom. The van der Waals surface area contributed by atoms with Gasteiger partial charge in [0.25, 0.3) is 0 Å². The Bertz CT molecular complexity index is 692. The van der Waals surface area contributed by atoms with Gasteiger partial charge in [-0.1, -0.05) is 24.6 Å². The van der Waals surface area contributed by atoms with Crippen molar-refractivity contribution in [3.8, 4) is 6.07 Å². The van der Waals surface area contributed by atoms with E-state index in [0.717, 1.165) is 10.6 Å². The zero-order valence-corrected chi connectivity index (χ0v) is 14.2. The molecule has 0 aliphatic carbocycles. The van der Waals surface area contributed by atoms with Crippen molar-refractivity contribution in [2.75, 3.05) is 11.1 Å². The molecule has 0 spiro atoms. The van der Waals surface area contributed by atoms with E-state index < -0.39 is 5.82 Å². The van der Waals surface area contributed by atoms with Gasteiger partial charge in [0.2, 0.25) is 0 Å². The van der Waals surface area contributed by atoms with Crippen molar-refractivity contribution < 1.29 is 4.39 Å². The quantitative estimate of drug-likeness (QED) is 0.659. The topological polar surface area (TPSA) is 35.8 Å². The third-order valence-electron chi connectivity index (χ3n) is 2.70. The highest BCUT2D eigenvalue weighted by atomic mass is 79.9. The van der Waals surface area contributed by atoms with E-state index in [2.05, 4.69) is 27.3 Å². The molecule has 0 fully saturated rings. The van der Waals surface area contributed by atoms with E-state index in [0.29, 0.717) is 21.4 Å². The first-order valence-corrected chi connectivity index (χ1v) is 8.30. The van der Waals surface area contributed by atoms with Crippen LogP contribution in [0.25, 0.3) is 0 Å². The Hall–Kier alpha value is -1.22. The third kappa shape index (κ3) is 3.70. The molecule has 0 atom stereocenters. The number of halogens is 3. The van der Waals surface area contributed by atoms with Crippen LogP contribution in [0.15, 0.2) is 39.7 Å². The first kappa shape index (κ1) is 16.2. The van der Waals surface area contributed by atoms with E-state index in [9.17, 15) is 9.65 Å². The van der Waals surface area contributed by atoms with Gasteiger partial charge in [0.1, 0.15) is 11.9 Å². The number of benzene rings is 2. The molecule has 0 saturated carbocycles. The molecular weight excluding hydrogens is 375 g/mol. The summed E-state index contributed by atoms with van der Waals surface area (Å²) in [6, 6.07) is 10.3. The van der Waals surface area contributed by atoms with Gasteiger partial charge in [-0.15, -0.1) is 11.8 Å². The molecule has 0 saturated heterocycles. The average molecular weight is 386 g/mol. The molecule has 2 nitrogen and oxygen atoms in total. The molecule has 0 aliphatic rings. The van der Waals surface area contributed by atoms with Gasteiger partial charge in [0, 0.05) is 9.37 Å². The number of hydrogen-bond acceptors (Lipinski definition) is 3. The smallest absolute Gasteiger partial charge is 0.125 e. The van der Waals surface area contributed by atoms with Gasteiger partial charge >= 0.3 is 0 Å². The van der Waals surface area contributed by atoms with Crippen LogP contribution < -0.4 is 5.32 Å². The Morgan fingerprint density at radius 1 is 1.43 bits per heavy atom. The van der Waals surface area contributed by atoms with E-state index in [4.69, 9.17) is 11.6 Å². The zero-order valence-electron chi connectivity index (χ0n) is 11.1. The number of nitrogens with zero attached hydrogens (tertiary/aromatic N) is 1. The number of anilines is 2. The molecule has 2 rings (SSSR count). The van der Waals surface area contributed by atoms with Crippen molar-refractivity contribution in [2.45, 2.75) is 11.8 Å². The van der Waals surface area contributed by atoms with Crippen LogP contribution in [-0.4, -0.2) is 5.75 Å². The maximum absolute atomic E-state index is 13.3. The standard InChI is InChI=1S/C15H11BrClFN2S/c1-2-21-14-5-3-4-13(10(14)8-19)20-15-11(16)6-9(18)7-12(15)17/h3-7,20H,2H2,1H3. The van der Waals surface area contributed by atoms with Gasteiger partial charge < -0.3 is 5.32 Å². The molecule has 108 valence electrons. The fraction of sp³-hybridized carbons (Fsp3) is 0.133. The van der Waals surface area contributed by atoms with E-state index >= 15 is 0 Å². The number of nitriles is 1. The fourth-order valence-corrected chi connectivity index (χ4v) is 3.51. The lowest BCUT2D eigenvalue weighted by atomic mass is 10.2. The van der Waals surface area contributed by atoms with Crippen LogP contribution >= 0.6 is 39.3 Å². The minimum absolute atomic E-state index is 0.249. The monoisotopic (exact) mass is 384 g/mol. The normalized spacial score (nSPS) is 10.2. The first-order chi connectivity index (χ1) is 10.1.